The third-order valence-corrected chi connectivity index (χ3v) is 6.12. The second-order valence-electron chi connectivity index (χ2n) is 7.38. The van der Waals surface area contributed by atoms with E-state index in [0.717, 1.165) is 21.8 Å². The summed E-state index contributed by atoms with van der Waals surface area (Å²) < 4.78 is 5.90. The van der Waals surface area contributed by atoms with E-state index >= 15 is 0 Å². The highest BCUT2D eigenvalue weighted by Crippen LogP contribution is 2.38. The minimum Gasteiger partial charge on any atom is -0.478 e. The Morgan fingerprint density at radius 1 is 1.26 bits per heavy atom. The maximum absolute atomic E-state index is 13.1. The van der Waals surface area contributed by atoms with E-state index in [4.69, 9.17) is 16.3 Å². The molecule has 1 unspecified atom stereocenters. The molecule has 1 N–H and O–H groups in total. The summed E-state index contributed by atoms with van der Waals surface area (Å²) in [5.74, 6) is 0.0543. The molecule has 2 amide bonds. The van der Waals surface area contributed by atoms with Crippen LogP contribution in [0.2, 0.25) is 5.02 Å². The minimum atomic E-state index is -0.620. The number of thiazole rings is 1. The molecule has 0 bridgehead atoms. The van der Waals surface area contributed by atoms with Crippen LogP contribution in [0.1, 0.15) is 23.9 Å². The Morgan fingerprint density at radius 3 is 2.74 bits per heavy atom. The van der Waals surface area contributed by atoms with E-state index in [1.165, 1.54) is 4.90 Å². The van der Waals surface area contributed by atoms with Crippen molar-refractivity contribution in [3.8, 4) is 17.0 Å². The average Bonchev–Trinajstić information content (AvgIpc) is 3.18. The summed E-state index contributed by atoms with van der Waals surface area (Å²) in [5, 5.41) is 6.40. The molecule has 1 aliphatic heterocycles. The summed E-state index contributed by atoms with van der Waals surface area (Å²) in [5.41, 5.74) is 3.78. The SMILES string of the molecule is CCC1Oc2ccc(-c3csc(C)n3)cc2N(CC(=O)Nc2ccc(Cl)cc2C)C1=O. The first-order valence-corrected chi connectivity index (χ1v) is 11.2. The Kier molecular flexibility index (Phi) is 5.98. The molecule has 1 atom stereocenters. The quantitative estimate of drug-likeness (QED) is 0.572. The van der Waals surface area contributed by atoms with Crippen LogP contribution in [-0.2, 0) is 9.59 Å². The fourth-order valence-electron chi connectivity index (χ4n) is 3.50. The Bertz CT molecular complexity index is 1160. The first-order valence-electron chi connectivity index (χ1n) is 9.96. The number of amides is 2. The number of ether oxygens (including phenoxy) is 1. The number of carbonyl (C=O) groups excluding carboxylic acids is 2. The van der Waals surface area contributed by atoms with Crippen LogP contribution in [-0.4, -0.2) is 29.4 Å². The van der Waals surface area contributed by atoms with Crippen molar-refractivity contribution in [2.45, 2.75) is 33.3 Å². The Morgan fingerprint density at radius 2 is 2.06 bits per heavy atom. The number of hydrogen-bond acceptors (Lipinski definition) is 5. The fourth-order valence-corrected chi connectivity index (χ4v) is 4.35. The van der Waals surface area contributed by atoms with Crippen LogP contribution in [0.3, 0.4) is 0 Å². The highest BCUT2D eigenvalue weighted by atomic mass is 35.5. The molecule has 8 heteroatoms. The number of rotatable bonds is 5. The lowest BCUT2D eigenvalue weighted by Gasteiger charge is -2.34. The van der Waals surface area contributed by atoms with E-state index in [-0.39, 0.29) is 18.4 Å². The number of fused-ring (bicyclic) bond motifs is 1. The van der Waals surface area contributed by atoms with Gasteiger partial charge in [-0.15, -0.1) is 11.3 Å². The number of hydrogen-bond donors (Lipinski definition) is 1. The van der Waals surface area contributed by atoms with E-state index < -0.39 is 6.10 Å². The molecule has 2 heterocycles. The monoisotopic (exact) mass is 455 g/mol. The van der Waals surface area contributed by atoms with Crippen molar-refractivity contribution < 1.29 is 14.3 Å². The molecular weight excluding hydrogens is 434 g/mol. The number of nitrogens with one attached hydrogen (secondary N) is 1. The molecule has 6 nitrogen and oxygen atoms in total. The van der Waals surface area contributed by atoms with Gasteiger partial charge < -0.3 is 10.1 Å². The van der Waals surface area contributed by atoms with Crippen LogP contribution in [0.4, 0.5) is 11.4 Å². The molecule has 0 spiro atoms. The lowest BCUT2D eigenvalue weighted by atomic mass is 10.1. The zero-order valence-corrected chi connectivity index (χ0v) is 19.0. The van der Waals surface area contributed by atoms with Crippen molar-refractivity contribution in [2.75, 3.05) is 16.8 Å². The van der Waals surface area contributed by atoms with Crippen LogP contribution >= 0.6 is 22.9 Å². The van der Waals surface area contributed by atoms with Gasteiger partial charge in [-0.25, -0.2) is 4.98 Å². The Labute approximate surface area is 189 Å². The van der Waals surface area contributed by atoms with Crippen molar-refractivity contribution in [3.05, 3.63) is 57.4 Å². The standard InChI is InChI=1S/C23H22ClN3O3S/c1-4-20-23(29)27(11-22(28)26-17-7-6-16(24)9-13(17)2)19-10-15(5-8-21(19)30-20)18-12-31-14(3)25-18/h5-10,12,20H,4,11H2,1-3H3,(H,26,28). The molecule has 0 saturated heterocycles. The maximum Gasteiger partial charge on any atom is 0.268 e. The summed E-state index contributed by atoms with van der Waals surface area (Å²) in [6, 6.07) is 10.9. The third kappa shape index (κ3) is 4.43. The third-order valence-electron chi connectivity index (χ3n) is 5.11. The number of carbonyl (C=O) groups is 2. The van der Waals surface area contributed by atoms with E-state index in [2.05, 4.69) is 10.3 Å². The smallest absolute Gasteiger partial charge is 0.268 e. The number of nitrogens with zero attached hydrogens (tertiary/aromatic N) is 2. The topological polar surface area (TPSA) is 71.5 Å². The molecular formula is C23H22ClN3O3S. The zero-order chi connectivity index (χ0) is 22.1. The largest absolute Gasteiger partial charge is 0.478 e. The second kappa shape index (κ2) is 8.69. The van der Waals surface area contributed by atoms with Gasteiger partial charge in [0.25, 0.3) is 5.91 Å². The van der Waals surface area contributed by atoms with Crippen LogP contribution in [0, 0.1) is 13.8 Å². The molecule has 3 aromatic rings. The summed E-state index contributed by atoms with van der Waals surface area (Å²) in [6.45, 7) is 5.58. The molecule has 160 valence electrons. The molecule has 1 aromatic heterocycles. The van der Waals surface area contributed by atoms with Gasteiger partial charge in [0.2, 0.25) is 5.91 Å². The van der Waals surface area contributed by atoms with Crippen molar-refractivity contribution in [1.29, 1.82) is 0 Å². The molecule has 0 fully saturated rings. The van der Waals surface area contributed by atoms with Gasteiger partial charge in [-0.2, -0.15) is 0 Å². The lowest BCUT2D eigenvalue weighted by molar-refractivity contribution is -0.128. The first-order chi connectivity index (χ1) is 14.9. The van der Waals surface area contributed by atoms with Crippen molar-refractivity contribution in [2.24, 2.45) is 0 Å². The van der Waals surface area contributed by atoms with Gasteiger partial charge >= 0.3 is 0 Å². The van der Waals surface area contributed by atoms with Gasteiger partial charge in [0.15, 0.2) is 6.10 Å². The Balaban J connectivity index is 1.64. The normalized spacial score (nSPS) is 15.4. The molecule has 1 aliphatic rings. The predicted molar refractivity (Wildman–Crippen MR) is 124 cm³/mol. The summed E-state index contributed by atoms with van der Waals surface area (Å²) in [7, 11) is 0. The molecule has 4 rings (SSSR count). The van der Waals surface area contributed by atoms with Gasteiger partial charge in [0, 0.05) is 21.7 Å². The second-order valence-corrected chi connectivity index (χ2v) is 8.88. The minimum absolute atomic E-state index is 0.118. The number of aryl methyl sites for hydroxylation is 2. The van der Waals surface area contributed by atoms with E-state index in [0.29, 0.717) is 28.6 Å². The van der Waals surface area contributed by atoms with E-state index in [1.807, 2.05) is 44.4 Å². The van der Waals surface area contributed by atoms with Gasteiger partial charge in [0.05, 0.1) is 16.4 Å². The fraction of sp³-hybridized carbons (Fsp3) is 0.261. The number of anilines is 2. The van der Waals surface area contributed by atoms with Crippen LogP contribution in [0.25, 0.3) is 11.3 Å². The first kappa shape index (κ1) is 21.3. The highest BCUT2D eigenvalue weighted by Gasteiger charge is 2.34. The number of halogens is 1. The van der Waals surface area contributed by atoms with Gasteiger partial charge in [-0.1, -0.05) is 18.5 Å². The lowest BCUT2D eigenvalue weighted by Crippen LogP contribution is -2.48. The van der Waals surface area contributed by atoms with Gasteiger partial charge in [-0.3, -0.25) is 14.5 Å². The Hall–Kier alpha value is -2.90. The van der Waals surface area contributed by atoms with Crippen LogP contribution in [0.15, 0.2) is 41.8 Å². The molecule has 0 radical (unpaired) electrons. The summed E-state index contributed by atoms with van der Waals surface area (Å²) >= 11 is 7.56. The number of aromatic nitrogens is 1. The van der Waals surface area contributed by atoms with Crippen molar-refractivity contribution in [1.82, 2.24) is 4.98 Å². The molecule has 0 aliphatic carbocycles. The highest BCUT2D eigenvalue weighted by molar-refractivity contribution is 7.09. The molecule has 0 saturated carbocycles. The van der Waals surface area contributed by atoms with Gasteiger partial charge in [0.1, 0.15) is 12.3 Å². The van der Waals surface area contributed by atoms with E-state index in [9.17, 15) is 9.59 Å². The zero-order valence-electron chi connectivity index (χ0n) is 17.4. The number of benzene rings is 2. The summed E-state index contributed by atoms with van der Waals surface area (Å²) in [4.78, 5) is 31.9. The molecule has 31 heavy (non-hydrogen) atoms. The van der Waals surface area contributed by atoms with Crippen LogP contribution in [0.5, 0.6) is 5.75 Å². The predicted octanol–water partition coefficient (Wildman–Crippen LogP) is 5.22. The van der Waals surface area contributed by atoms with Crippen molar-refractivity contribution >= 4 is 46.1 Å². The average molecular weight is 456 g/mol. The van der Waals surface area contributed by atoms with Crippen LogP contribution < -0.4 is 15.0 Å². The molecule has 2 aromatic carbocycles. The van der Waals surface area contributed by atoms with E-state index in [1.54, 1.807) is 29.5 Å². The van der Waals surface area contributed by atoms with Gasteiger partial charge in [-0.05, 0) is 62.2 Å². The van der Waals surface area contributed by atoms with Crippen molar-refractivity contribution in [3.63, 3.8) is 0 Å². The maximum atomic E-state index is 13.1. The summed E-state index contributed by atoms with van der Waals surface area (Å²) in [6.07, 6.45) is -0.107.